The van der Waals surface area contributed by atoms with E-state index in [1.54, 1.807) is 51.1 Å². The molecule has 3 aromatic rings. The number of amides is 2. The maximum Gasteiger partial charge on any atom is 0.244 e. The van der Waals surface area contributed by atoms with Gasteiger partial charge in [0.25, 0.3) is 0 Å². The fourth-order valence-corrected chi connectivity index (χ4v) is 4.78. The van der Waals surface area contributed by atoms with Crippen molar-refractivity contribution in [3.8, 4) is 5.75 Å². The Morgan fingerprint density at radius 1 is 0.950 bits per heavy atom. The molecule has 3 rings (SSSR count). The molecule has 8 nitrogen and oxygen atoms in total. The van der Waals surface area contributed by atoms with Gasteiger partial charge in [0.15, 0.2) is 0 Å². The third-order valence-corrected chi connectivity index (χ3v) is 7.16. The van der Waals surface area contributed by atoms with Crippen molar-refractivity contribution in [1.82, 2.24) is 10.2 Å². The molecule has 3 aromatic carbocycles. The number of sulfonamides is 1. The lowest BCUT2D eigenvalue weighted by molar-refractivity contribution is -0.140. The second kappa shape index (κ2) is 13.0. The van der Waals surface area contributed by atoms with Crippen molar-refractivity contribution in [1.29, 1.82) is 0 Å². The van der Waals surface area contributed by atoms with Gasteiger partial charge < -0.3 is 15.0 Å². The number of carbonyl (C=O) groups excluding carboxylic acids is 2. The van der Waals surface area contributed by atoms with Crippen LogP contribution in [0.25, 0.3) is 0 Å². The first-order chi connectivity index (χ1) is 18.7. The Morgan fingerprint density at radius 2 is 1.55 bits per heavy atom. The summed E-state index contributed by atoms with van der Waals surface area (Å²) in [6, 6.07) is 20.9. The molecule has 0 radical (unpaired) electrons. The summed E-state index contributed by atoms with van der Waals surface area (Å²) in [6.45, 7) is 6.49. The van der Waals surface area contributed by atoms with Gasteiger partial charge >= 0.3 is 0 Å². The molecule has 0 spiro atoms. The lowest BCUT2D eigenvalue weighted by atomic mass is 10.1. The van der Waals surface area contributed by atoms with E-state index >= 15 is 0 Å². The second-order valence-electron chi connectivity index (χ2n) is 10.6. The van der Waals surface area contributed by atoms with Crippen molar-refractivity contribution in [3.05, 3.63) is 95.8 Å². The van der Waals surface area contributed by atoms with Crippen LogP contribution in [-0.4, -0.2) is 49.5 Å². The summed E-state index contributed by atoms with van der Waals surface area (Å²) in [5, 5.41) is 2.83. The minimum absolute atomic E-state index is 0.206. The first kappa shape index (κ1) is 30.6. The van der Waals surface area contributed by atoms with Crippen molar-refractivity contribution < 1.29 is 27.1 Å². The summed E-state index contributed by atoms with van der Waals surface area (Å²) in [7, 11) is -3.90. The lowest BCUT2D eigenvalue weighted by Gasteiger charge is -2.33. The van der Waals surface area contributed by atoms with Gasteiger partial charge in [-0.15, -0.1) is 0 Å². The van der Waals surface area contributed by atoms with Crippen LogP contribution in [0.4, 0.5) is 10.1 Å². The van der Waals surface area contributed by atoms with E-state index in [4.69, 9.17) is 4.74 Å². The third kappa shape index (κ3) is 8.81. The standard InChI is InChI=1S/C30H36FN3O5S/c1-22(29(36)32-30(2,3)4)33(19-24-13-9-10-14-27(24)31)28(35)20-34(40(5,37)38)25-15-17-26(18-16-25)39-21-23-11-7-6-8-12-23/h6-18,22H,19-21H2,1-5H3,(H,32,36)/t22-/m1/s1. The van der Waals surface area contributed by atoms with Crippen molar-refractivity contribution in [2.24, 2.45) is 0 Å². The van der Waals surface area contributed by atoms with Gasteiger partial charge in [-0.3, -0.25) is 13.9 Å². The molecule has 0 heterocycles. The van der Waals surface area contributed by atoms with Crippen LogP contribution in [-0.2, 0) is 32.8 Å². The molecule has 10 heteroatoms. The van der Waals surface area contributed by atoms with Gasteiger partial charge in [0.1, 0.15) is 30.8 Å². The molecule has 2 amide bonds. The number of benzene rings is 3. The molecule has 0 saturated carbocycles. The van der Waals surface area contributed by atoms with Crippen molar-refractivity contribution >= 4 is 27.5 Å². The number of ether oxygens (including phenoxy) is 1. The molecular formula is C30H36FN3O5S. The Bertz CT molecular complexity index is 1410. The van der Waals surface area contributed by atoms with Gasteiger partial charge in [0.05, 0.1) is 11.9 Å². The van der Waals surface area contributed by atoms with E-state index in [9.17, 15) is 22.4 Å². The van der Waals surface area contributed by atoms with Crippen LogP contribution >= 0.6 is 0 Å². The molecule has 0 aliphatic heterocycles. The third-order valence-electron chi connectivity index (χ3n) is 6.02. The van der Waals surface area contributed by atoms with E-state index in [0.717, 1.165) is 16.1 Å². The number of halogens is 1. The molecule has 214 valence electrons. The van der Waals surface area contributed by atoms with Crippen LogP contribution in [0.3, 0.4) is 0 Å². The normalized spacial score (nSPS) is 12.3. The summed E-state index contributed by atoms with van der Waals surface area (Å²) >= 11 is 0. The summed E-state index contributed by atoms with van der Waals surface area (Å²) in [4.78, 5) is 27.8. The van der Waals surface area contributed by atoms with Gasteiger partial charge in [-0.1, -0.05) is 48.5 Å². The summed E-state index contributed by atoms with van der Waals surface area (Å²) in [6.07, 6.45) is 0.997. The lowest BCUT2D eigenvalue weighted by Crippen LogP contribution is -2.54. The second-order valence-corrected chi connectivity index (χ2v) is 12.5. The van der Waals surface area contributed by atoms with Gasteiger partial charge in [-0.25, -0.2) is 12.8 Å². The number of hydrogen-bond acceptors (Lipinski definition) is 5. The van der Waals surface area contributed by atoms with Crippen LogP contribution < -0.4 is 14.4 Å². The summed E-state index contributed by atoms with van der Waals surface area (Å²) < 4.78 is 46.8. The Kier molecular flexibility index (Phi) is 9.92. The quantitative estimate of drug-likeness (QED) is 0.367. The first-order valence-corrected chi connectivity index (χ1v) is 14.7. The molecule has 0 bridgehead atoms. The highest BCUT2D eigenvalue weighted by atomic mass is 32.2. The molecule has 40 heavy (non-hydrogen) atoms. The molecule has 0 aliphatic rings. The monoisotopic (exact) mass is 569 g/mol. The Balaban J connectivity index is 1.84. The topological polar surface area (TPSA) is 96.0 Å². The van der Waals surface area contributed by atoms with Crippen LogP contribution in [0, 0.1) is 5.82 Å². The zero-order chi connectivity index (χ0) is 29.5. The molecule has 0 unspecified atom stereocenters. The number of anilines is 1. The Labute approximate surface area is 235 Å². The first-order valence-electron chi connectivity index (χ1n) is 12.8. The van der Waals surface area contributed by atoms with E-state index in [-0.39, 0.29) is 17.8 Å². The summed E-state index contributed by atoms with van der Waals surface area (Å²) in [5.74, 6) is -1.10. The van der Waals surface area contributed by atoms with Crippen LogP contribution in [0.1, 0.15) is 38.8 Å². The SMILES string of the molecule is C[C@H](C(=O)NC(C)(C)C)N(Cc1ccccc1F)C(=O)CN(c1ccc(OCc2ccccc2)cc1)S(C)(=O)=O. The molecule has 1 N–H and O–H groups in total. The highest BCUT2D eigenvalue weighted by Gasteiger charge is 2.31. The fraction of sp³-hybridized carbons (Fsp3) is 0.333. The zero-order valence-electron chi connectivity index (χ0n) is 23.4. The average molecular weight is 570 g/mol. The predicted octanol–water partition coefficient (Wildman–Crippen LogP) is 4.50. The number of carbonyl (C=O) groups is 2. The maximum atomic E-state index is 14.5. The molecule has 0 fully saturated rings. The van der Waals surface area contributed by atoms with E-state index in [2.05, 4.69) is 5.32 Å². The minimum Gasteiger partial charge on any atom is -0.489 e. The van der Waals surface area contributed by atoms with E-state index in [1.165, 1.54) is 30.0 Å². The number of nitrogens with zero attached hydrogens (tertiary/aromatic N) is 2. The van der Waals surface area contributed by atoms with Gasteiger partial charge in [0, 0.05) is 17.6 Å². The number of rotatable bonds is 11. The van der Waals surface area contributed by atoms with E-state index in [0.29, 0.717) is 12.4 Å². The Morgan fingerprint density at radius 3 is 2.12 bits per heavy atom. The van der Waals surface area contributed by atoms with Crippen molar-refractivity contribution in [3.63, 3.8) is 0 Å². The number of hydrogen-bond donors (Lipinski definition) is 1. The largest absolute Gasteiger partial charge is 0.489 e. The van der Waals surface area contributed by atoms with E-state index < -0.39 is 45.8 Å². The zero-order valence-corrected chi connectivity index (χ0v) is 24.2. The minimum atomic E-state index is -3.90. The van der Waals surface area contributed by atoms with E-state index in [1.807, 2.05) is 30.3 Å². The van der Waals surface area contributed by atoms with Crippen molar-refractivity contribution in [2.75, 3.05) is 17.1 Å². The van der Waals surface area contributed by atoms with Gasteiger partial charge in [-0.2, -0.15) is 0 Å². The molecule has 0 aliphatic carbocycles. The van der Waals surface area contributed by atoms with Crippen LogP contribution in [0.15, 0.2) is 78.9 Å². The predicted molar refractivity (Wildman–Crippen MR) is 154 cm³/mol. The molecule has 0 aromatic heterocycles. The fourth-order valence-electron chi connectivity index (χ4n) is 3.93. The van der Waals surface area contributed by atoms with Crippen LogP contribution in [0.2, 0.25) is 0 Å². The van der Waals surface area contributed by atoms with Gasteiger partial charge in [0.2, 0.25) is 21.8 Å². The molecule has 1 atom stereocenters. The number of nitrogens with one attached hydrogen (secondary N) is 1. The highest BCUT2D eigenvalue weighted by molar-refractivity contribution is 7.92. The molecule has 0 saturated heterocycles. The summed E-state index contributed by atoms with van der Waals surface area (Å²) in [5.41, 5.74) is 0.869. The smallest absolute Gasteiger partial charge is 0.244 e. The Hall–Kier alpha value is -3.92. The van der Waals surface area contributed by atoms with Crippen LogP contribution in [0.5, 0.6) is 5.75 Å². The maximum absolute atomic E-state index is 14.5. The van der Waals surface area contributed by atoms with Gasteiger partial charge in [-0.05, 0) is 63.6 Å². The average Bonchev–Trinajstić information content (AvgIpc) is 2.89. The van der Waals surface area contributed by atoms with Crippen molar-refractivity contribution in [2.45, 2.75) is 52.4 Å². The highest BCUT2D eigenvalue weighted by Crippen LogP contribution is 2.23. The molecular weight excluding hydrogens is 533 g/mol.